The second kappa shape index (κ2) is 4.43. The zero-order valence-electron chi connectivity index (χ0n) is 7.69. The fourth-order valence-electron chi connectivity index (χ4n) is 0.898. The molecule has 0 aromatic carbocycles. The lowest BCUT2D eigenvalue weighted by Gasteiger charge is -2.15. The molecule has 0 aliphatic heterocycles. The Bertz CT molecular complexity index is 302. The van der Waals surface area contributed by atoms with Crippen LogP contribution in [0.2, 0.25) is 0 Å². The molecule has 1 aromatic rings. The van der Waals surface area contributed by atoms with Crippen molar-refractivity contribution in [2.75, 3.05) is 18.7 Å². The lowest BCUT2D eigenvalue weighted by molar-refractivity contribution is 0.133. The van der Waals surface area contributed by atoms with Gasteiger partial charge in [-0.15, -0.1) is 0 Å². The highest BCUT2D eigenvalue weighted by atomic mass is 16.7. The van der Waals surface area contributed by atoms with Crippen LogP contribution in [0.1, 0.15) is 12.5 Å². The highest BCUT2D eigenvalue weighted by Crippen LogP contribution is 2.08. The first-order chi connectivity index (χ1) is 6.27. The van der Waals surface area contributed by atoms with E-state index >= 15 is 0 Å². The molecule has 0 amide bonds. The number of nitriles is 1. The monoisotopic (exact) mass is 177 g/mol. The molecular weight excluding hydrogens is 166 g/mol. The highest BCUT2D eigenvalue weighted by Gasteiger charge is 2.00. The summed E-state index contributed by atoms with van der Waals surface area (Å²) in [4.78, 5) is 9.24. The van der Waals surface area contributed by atoms with Gasteiger partial charge >= 0.3 is 0 Å². The third-order valence-electron chi connectivity index (χ3n) is 1.52. The Labute approximate surface area is 77.3 Å². The standard InChI is InChI=1S/C9H11N3O/c1-3-13-12(2)9-5-4-8(6-10)7-11-9/h4-5,7H,3H2,1-2H3. The van der Waals surface area contributed by atoms with Crippen molar-refractivity contribution >= 4 is 5.82 Å². The van der Waals surface area contributed by atoms with E-state index in [2.05, 4.69) is 4.98 Å². The lowest BCUT2D eigenvalue weighted by Crippen LogP contribution is -2.18. The maximum Gasteiger partial charge on any atom is 0.152 e. The fraction of sp³-hybridized carbons (Fsp3) is 0.333. The Morgan fingerprint density at radius 2 is 2.38 bits per heavy atom. The predicted molar refractivity (Wildman–Crippen MR) is 49.0 cm³/mol. The number of nitrogens with zero attached hydrogens (tertiary/aromatic N) is 3. The molecule has 0 aliphatic carbocycles. The lowest BCUT2D eigenvalue weighted by atomic mass is 10.3. The molecule has 13 heavy (non-hydrogen) atoms. The van der Waals surface area contributed by atoms with Crippen LogP contribution in [0.3, 0.4) is 0 Å². The minimum Gasteiger partial charge on any atom is -0.273 e. The summed E-state index contributed by atoms with van der Waals surface area (Å²) >= 11 is 0. The van der Waals surface area contributed by atoms with Gasteiger partial charge in [0.25, 0.3) is 0 Å². The van der Waals surface area contributed by atoms with E-state index in [0.717, 1.165) is 0 Å². The van der Waals surface area contributed by atoms with Crippen molar-refractivity contribution in [1.82, 2.24) is 4.98 Å². The van der Waals surface area contributed by atoms with Crippen LogP contribution in [0.25, 0.3) is 0 Å². The largest absolute Gasteiger partial charge is 0.273 e. The van der Waals surface area contributed by atoms with Gasteiger partial charge in [-0.05, 0) is 19.1 Å². The number of rotatable bonds is 3. The van der Waals surface area contributed by atoms with Gasteiger partial charge in [0.05, 0.1) is 12.2 Å². The second-order valence-electron chi connectivity index (χ2n) is 2.43. The van der Waals surface area contributed by atoms with E-state index in [4.69, 9.17) is 10.1 Å². The van der Waals surface area contributed by atoms with Crippen molar-refractivity contribution in [3.8, 4) is 6.07 Å². The average Bonchev–Trinajstić information content (AvgIpc) is 2.18. The van der Waals surface area contributed by atoms with Gasteiger partial charge in [0.15, 0.2) is 5.82 Å². The van der Waals surface area contributed by atoms with Crippen LogP contribution in [0, 0.1) is 11.3 Å². The fourth-order valence-corrected chi connectivity index (χ4v) is 0.898. The van der Waals surface area contributed by atoms with Gasteiger partial charge in [0.2, 0.25) is 0 Å². The topological polar surface area (TPSA) is 49.1 Å². The van der Waals surface area contributed by atoms with Crippen LogP contribution in [-0.4, -0.2) is 18.6 Å². The Kier molecular flexibility index (Phi) is 3.23. The Morgan fingerprint density at radius 1 is 1.62 bits per heavy atom. The molecule has 0 atom stereocenters. The molecule has 0 unspecified atom stereocenters. The van der Waals surface area contributed by atoms with Crippen LogP contribution >= 0.6 is 0 Å². The van der Waals surface area contributed by atoms with Gasteiger partial charge < -0.3 is 0 Å². The summed E-state index contributed by atoms with van der Waals surface area (Å²) in [5.41, 5.74) is 0.550. The minimum atomic E-state index is 0.550. The zero-order valence-corrected chi connectivity index (χ0v) is 7.69. The number of hydrogen-bond donors (Lipinski definition) is 0. The van der Waals surface area contributed by atoms with Crippen LogP contribution in [0.4, 0.5) is 5.82 Å². The van der Waals surface area contributed by atoms with Gasteiger partial charge in [-0.3, -0.25) is 4.84 Å². The van der Waals surface area contributed by atoms with Crippen molar-refractivity contribution in [3.05, 3.63) is 23.9 Å². The molecule has 0 saturated heterocycles. The summed E-state index contributed by atoms with van der Waals surface area (Å²) in [5.74, 6) is 0.695. The molecule has 0 N–H and O–H groups in total. The molecule has 1 aromatic heterocycles. The van der Waals surface area contributed by atoms with Gasteiger partial charge in [-0.2, -0.15) is 5.26 Å². The second-order valence-corrected chi connectivity index (χ2v) is 2.43. The molecule has 4 nitrogen and oxygen atoms in total. The number of aromatic nitrogens is 1. The SMILES string of the molecule is CCON(C)c1ccc(C#N)cn1. The number of hydroxylamine groups is 1. The third-order valence-corrected chi connectivity index (χ3v) is 1.52. The first-order valence-corrected chi connectivity index (χ1v) is 4.00. The van der Waals surface area contributed by atoms with Crippen molar-refractivity contribution in [2.45, 2.75) is 6.92 Å². The van der Waals surface area contributed by atoms with Gasteiger partial charge in [0, 0.05) is 13.2 Å². The minimum absolute atomic E-state index is 0.550. The molecule has 68 valence electrons. The van der Waals surface area contributed by atoms with E-state index in [1.165, 1.54) is 6.20 Å². The van der Waals surface area contributed by atoms with Crippen LogP contribution < -0.4 is 5.06 Å². The van der Waals surface area contributed by atoms with Gasteiger partial charge in [0.1, 0.15) is 6.07 Å². The molecule has 0 aliphatic rings. The number of anilines is 1. The molecular formula is C9H11N3O. The van der Waals surface area contributed by atoms with E-state index in [1.54, 1.807) is 24.2 Å². The quantitative estimate of drug-likeness (QED) is 0.654. The predicted octanol–water partition coefficient (Wildman–Crippen LogP) is 1.34. The maximum absolute atomic E-state index is 8.54. The van der Waals surface area contributed by atoms with E-state index in [9.17, 15) is 0 Å². The maximum atomic E-state index is 8.54. The summed E-state index contributed by atoms with van der Waals surface area (Å²) in [5, 5.41) is 10.1. The molecule has 0 saturated carbocycles. The number of hydrogen-bond acceptors (Lipinski definition) is 4. The van der Waals surface area contributed by atoms with E-state index < -0.39 is 0 Å². The average molecular weight is 177 g/mol. The number of pyridine rings is 1. The summed E-state index contributed by atoms with van der Waals surface area (Å²) in [6, 6.07) is 5.45. The Morgan fingerprint density at radius 3 is 2.85 bits per heavy atom. The van der Waals surface area contributed by atoms with E-state index in [1.807, 2.05) is 13.0 Å². The normalized spacial score (nSPS) is 9.31. The van der Waals surface area contributed by atoms with Crippen LogP contribution in [0.5, 0.6) is 0 Å². The summed E-state index contributed by atoms with van der Waals surface area (Å²) < 4.78 is 0. The first kappa shape index (κ1) is 9.49. The van der Waals surface area contributed by atoms with Crippen LogP contribution in [-0.2, 0) is 4.84 Å². The molecule has 0 bridgehead atoms. The van der Waals surface area contributed by atoms with Crippen molar-refractivity contribution in [3.63, 3.8) is 0 Å². The summed E-state index contributed by atoms with van der Waals surface area (Å²) in [6.45, 7) is 2.50. The molecule has 0 radical (unpaired) electrons. The zero-order chi connectivity index (χ0) is 9.68. The van der Waals surface area contributed by atoms with E-state index in [0.29, 0.717) is 18.0 Å². The van der Waals surface area contributed by atoms with Crippen molar-refractivity contribution in [2.24, 2.45) is 0 Å². The Balaban J connectivity index is 2.75. The highest BCUT2D eigenvalue weighted by molar-refractivity contribution is 5.38. The molecule has 1 rings (SSSR count). The molecule has 4 heteroatoms. The molecule has 0 fully saturated rings. The molecule has 1 heterocycles. The van der Waals surface area contributed by atoms with Crippen molar-refractivity contribution in [1.29, 1.82) is 5.26 Å². The van der Waals surface area contributed by atoms with Crippen LogP contribution in [0.15, 0.2) is 18.3 Å². The summed E-state index contributed by atoms with van der Waals surface area (Å²) in [6.07, 6.45) is 1.52. The third kappa shape index (κ3) is 2.42. The first-order valence-electron chi connectivity index (χ1n) is 4.00. The van der Waals surface area contributed by atoms with E-state index in [-0.39, 0.29) is 0 Å². The molecule has 0 spiro atoms. The summed E-state index contributed by atoms with van der Waals surface area (Å²) in [7, 11) is 1.78. The van der Waals surface area contributed by atoms with Gasteiger partial charge in [-0.25, -0.2) is 10.0 Å². The van der Waals surface area contributed by atoms with Gasteiger partial charge in [-0.1, -0.05) is 0 Å². The van der Waals surface area contributed by atoms with Crippen molar-refractivity contribution < 1.29 is 4.84 Å². The Hall–Kier alpha value is -1.60. The smallest absolute Gasteiger partial charge is 0.152 e.